The Hall–Kier alpha value is -0.793. The smallest absolute Gasteiger partial charge is 0.303 e. The molecule has 4 heteroatoms. The van der Waals surface area contributed by atoms with Crippen molar-refractivity contribution in [2.75, 3.05) is 6.61 Å². The van der Waals surface area contributed by atoms with E-state index in [1.807, 2.05) is 6.92 Å². The third-order valence-electron chi connectivity index (χ3n) is 2.61. The van der Waals surface area contributed by atoms with Crippen molar-refractivity contribution in [1.29, 1.82) is 0 Å². The van der Waals surface area contributed by atoms with Crippen LogP contribution < -0.4 is 0 Å². The van der Waals surface area contributed by atoms with E-state index in [1.165, 1.54) is 6.92 Å². The van der Waals surface area contributed by atoms with E-state index in [0.29, 0.717) is 6.61 Å². The number of carbonyl (C=O) groups is 1. The van der Waals surface area contributed by atoms with E-state index in [2.05, 4.69) is 31.1 Å². The minimum atomic E-state index is -1.43. The quantitative estimate of drug-likeness (QED) is 0.409. The van der Waals surface area contributed by atoms with Crippen molar-refractivity contribution in [2.45, 2.75) is 58.0 Å². The summed E-state index contributed by atoms with van der Waals surface area (Å²) in [7, 11) is -1.43. The number of carbonyl (C=O) groups excluding carboxylic acids is 1. The lowest BCUT2D eigenvalue weighted by Gasteiger charge is -2.37. The molecule has 1 aliphatic rings. The summed E-state index contributed by atoms with van der Waals surface area (Å²) >= 11 is 0. The van der Waals surface area contributed by atoms with Gasteiger partial charge < -0.3 is 9.47 Å². The van der Waals surface area contributed by atoms with Gasteiger partial charge in [-0.05, 0) is 19.8 Å². The van der Waals surface area contributed by atoms with Crippen LogP contribution in [0.5, 0.6) is 0 Å². The summed E-state index contributed by atoms with van der Waals surface area (Å²) in [4.78, 5) is 11.1. The van der Waals surface area contributed by atoms with Crippen molar-refractivity contribution in [2.24, 2.45) is 0 Å². The fraction of sp³-hybridized carbons (Fsp3) is 0.769. The first-order valence-electron chi connectivity index (χ1n) is 6.07. The second kappa shape index (κ2) is 5.24. The molecular weight excluding hydrogens is 232 g/mol. The van der Waals surface area contributed by atoms with Gasteiger partial charge in [0.15, 0.2) is 6.10 Å². The average molecular weight is 254 g/mol. The molecule has 96 valence electrons. The first-order chi connectivity index (χ1) is 7.73. The molecule has 1 heterocycles. The minimum absolute atomic E-state index is 0.266. The summed E-state index contributed by atoms with van der Waals surface area (Å²) in [5.41, 5.74) is 2.71. The van der Waals surface area contributed by atoms with E-state index in [-0.39, 0.29) is 12.1 Å². The molecule has 2 atom stereocenters. The fourth-order valence-corrected chi connectivity index (χ4v) is 2.41. The van der Waals surface area contributed by atoms with E-state index < -0.39 is 13.7 Å². The third kappa shape index (κ3) is 4.53. The molecule has 1 saturated heterocycles. The maximum absolute atomic E-state index is 11.1. The van der Waals surface area contributed by atoms with Gasteiger partial charge in [-0.15, -0.1) is 5.54 Å². The van der Waals surface area contributed by atoms with E-state index in [0.717, 1.165) is 12.8 Å². The zero-order valence-corrected chi connectivity index (χ0v) is 12.4. The van der Waals surface area contributed by atoms with Crippen LogP contribution in [-0.2, 0) is 14.3 Å². The molecular formula is C13H22O3Si. The molecule has 0 aromatic carbocycles. The molecule has 0 saturated carbocycles. The van der Waals surface area contributed by atoms with Gasteiger partial charge in [-0.3, -0.25) is 4.79 Å². The Morgan fingerprint density at radius 2 is 2.12 bits per heavy atom. The molecule has 0 amide bonds. The van der Waals surface area contributed by atoms with Crippen LogP contribution in [0.25, 0.3) is 0 Å². The molecule has 1 fully saturated rings. The van der Waals surface area contributed by atoms with Gasteiger partial charge in [0.1, 0.15) is 13.7 Å². The van der Waals surface area contributed by atoms with Crippen LogP contribution in [-0.4, -0.2) is 32.4 Å². The maximum Gasteiger partial charge on any atom is 0.303 e. The normalized spacial score (nSPS) is 29.1. The van der Waals surface area contributed by atoms with E-state index in [1.54, 1.807) is 0 Å². The van der Waals surface area contributed by atoms with Crippen molar-refractivity contribution in [3.05, 3.63) is 0 Å². The number of rotatable bonds is 1. The van der Waals surface area contributed by atoms with Crippen LogP contribution in [0.2, 0.25) is 19.6 Å². The van der Waals surface area contributed by atoms with Gasteiger partial charge in [-0.25, -0.2) is 0 Å². The van der Waals surface area contributed by atoms with Crippen LogP contribution in [0.4, 0.5) is 0 Å². The zero-order valence-electron chi connectivity index (χ0n) is 11.4. The molecule has 17 heavy (non-hydrogen) atoms. The van der Waals surface area contributed by atoms with Crippen LogP contribution in [0.1, 0.15) is 26.7 Å². The second-order valence-corrected chi connectivity index (χ2v) is 10.5. The fourth-order valence-electron chi connectivity index (χ4n) is 1.84. The summed E-state index contributed by atoms with van der Waals surface area (Å²) in [6.45, 7) is 10.6. The molecule has 0 aromatic rings. The Balaban J connectivity index is 2.85. The molecule has 0 bridgehead atoms. The van der Waals surface area contributed by atoms with Crippen molar-refractivity contribution >= 4 is 14.0 Å². The largest absolute Gasteiger partial charge is 0.456 e. The Morgan fingerprint density at radius 3 is 2.65 bits per heavy atom. The summed E-state index contributed by atoms with van der Waals surface area (Å²) < 4.78 is 11.1. The van der Waals surface area contributed by atoms with Crippen molar-refractivity contribution in [3.8, 4) is 11.5 Å². The van der Waals surface area contributed by atoms with Gasteiger partial charge in [-0.2, -0.15) is 0 Å². The van der Waals surface area contributed by atoms with Crippen LogP contribution >= 0.6 is 0 Å². The summed E-state index contributed by atoms with van der Waals surface area (Å²) in [6, 6.07) is 0. The minimum Gasteiger partial charge on any atom is -0.456 e. The highest BCUT2D eigenvalue weighted by Gasteiger charge is 2.40. The summed E-state index contributed by atoms with van der Waals surface area (Å²) in [6.07, 6.45) is 1.44. The molecule has 1 aliphatic heterocycles. The topological polar surface area (TPSA) is 35.5 Å². The van der Waals surface area contributed by atoms with Crippen molar-refractivity contribution in [1.82, 2.24) is 0 Å². The Labute approximate surface area is 105 Å². The van der Waals surface area contributed by atoms with Gasteiger partial charge in [0.05, 0.1) is 0 Å². The van der Waals surface area contributed by atoms with Gasteiger partial charge in [0.25, 0.3) is 0 Å². The monoisotopic (exact) mass is 254 g/mol. The molecule has 0 radical (unpaired) electrons. The predicted molar refractivity (Wildman–Crippen MR) is 70.3 cm³/mol. The van der Waals surface area contributed by atoms with Crippen LogP contribution in [0.15, 0.2) is 0 Å². The standard InChI is InChI=1S/C13H22O3Si/c1-11(14)16-13(2)8-6-9-15-12(13)7-10-17(3,4)5/h12H,6,8-9H2,1-5H3/t12-,13-/m0/s1. The van der Waals surface area contributed by atoms with E-state index >= 15 is 0 Å². The summed E-state index contributed by atoms with van der Waals surface area (Å²) in [5.74, 6) is 2.90. The van der Waals surface area contributed by atoms with Gasteiger partial charge in [0, 0.05) is 13.5 Å². The maximum atomic E-state index is 11.1. The first-order valence-corrected chi connectivity index (χ1v) is 9.57. The van der Waals surface area contributed by atoms with Crippen LogP contribution in [0, 0.1) is 11.5 Å². The SMILES string of the molecule is CC(=O)O[C@@]1(C)CCCO[C@H]1C#C[Si](C)(C)C. The third-order valence-corrected chi connectivity index (χ3v) is 3.51. The summed E-state index contributed by atoms with van der Waals surface area (Å²) in [5, 5.41) is 0. The molecule has 0 N–H and O–H groups in total. The van der Waals surface area contributed by atoms with Crippen LogP contribution in [0.3, 0.4) is 0 Å². The van der Waals surface area contributed by atoms with Gasteiger partial charge in [0.2, 0.25) is 0 Å². The molecule has 3 nitrogen and oxygen atoms in total. The Morgan fingerprint density at radius 1 is 1.47 bits per heavy atom. The molecule has 1 rings (SSSR count). The number of ether oxygens (including phenoxy) is 2. The highest BCUT2D eigenvalue weighted by Crippen LogP contribution is 2.29. The predicted octanol–water partition coefficient (Wildman–Crippen LogP) is 2.37. The number of hydrogen-bond donors (Lipinski definition) is 0. The van der Waals surface area contributed by atoms with Gasteiger partial charge >= 0.3 is 5.97 Å². The Kier molecular flexibility index (Phi) is 4.40. The lowest BCUT2D eigenvalue weighted by molar-refractivity contribution is -0.176. The highest BCUT2D eigenvalue weighted by molar-refractivity contribution is 6.83. The average Bonchev–Trinajstić information content (AvgIpc) is 2.13. The lowest BCUT2D eigenvalue weighted by atomic mass is 9.91. The molecule has 0 aromatic heterocycles. The van der Waals surface area contributed by atoms with Gasteiger partial charge in [-0.1, -0.05) is 25.6 Å². The molecule has 0 spiro atoms. The Bertz CT molecular complexity index is 348. The zero-order chi connectivity index (χ0) is 13.1. The number of esters is 1. The molecule has 0 unspecified atom stereocenters. The highest BCUT2D eigenvalue weighted by atomic mass is 28.3. The molecule has 0 aliphatic carbocycles. The van der Waals surface area contributed by atoms with E-state index in [9.17, 15) is 4.79 Å². The lowest BCUT2D eigenvalue weighted by Crippen LogP contribution is -2.47. The van der Waals surface area contributed by atoms with Crippen molar-refractivity contribution < 1.29 is 14.3 Å². The number of hydrogen-bond acceptors (Lipinski definition) is 3. The van der Waals surface area contributed by atoms with Crippen molar-refractivity contribution in [3.63, 3.8) is 0 Å². The first kappa shape index (κ1) is 14.3. The van der Waals surface area contributed by atoms with E-state index in [4.69, 9.17) is 9.47 Å². The second-order valence-electron chi connectivity index (χ2n) is 5.78.